The Morgan fingerprint density at radius 2 is 1.55 bits per heavy atom. The van der Waals surface area contributed by atoms with Crippen LogP contribution in [-0.2, 0) is 25.4 Å². The van der Waals surface area contributed by atoms with Crippen molar-refractivity contribution in [2.24, 2.45) is 0 Å². The van der Waals surface area contributed by atoms with E-state index in [4.69, 9.17) is 23.4 Å². The zero-order chi connectivity index (χ0) is 32.2. The molecule has 1 N–H and O–H groups in total. The number of hydrogen-bond donors (Lipinski definition) is 1. The van der Waals surface area contributed by atoms with Gasteiger partial charge < -0.3 is 28.5 Å². The molecular weight excluding hydrogens is 610 g/mol. The molecule has 3 aromatic rings. The molecule has 0 unspecified atom stereocenters. The monoisotopic (exact) mass is 652 g/mol. The molecule has 13 heteroatoms. The summed E-state index contributed by atoms with van der Waals surface area (Å²) in [7, 11) is -3.43. The van der Waals surface area contributed by atoms with E-state index in [1.807, 2.05) is 0 Å². The fourth-order valence-corrected chi connectivity index (χ4v) is 7.27. The molecular formula is C31H43F3N2O6Si2. The van der Waals surface area contributed by atoms with E-state index in [1.165, 1.54) is 6.07 Å². The van der Waals surface area contributed by atoms with Gasteiger partial charge in [-0.2, -0.15) is 0 Å². The summed E-state index contributed by atoms with van der Waals surface area (Å²) in [6, 6.07) is 5.14. The van der Waals surface area contributed by atoms with Gasteiger partial charge >= 0.3 is 0 Å². The summed E-state index contributed by atoms with van der Waals surface area (Å²) >= 11 is 0. The number of halogens is 3. The average Bonchev–Trinajstić information content (AvgIpc) is 3.55. The molecule has 2 aliphatic rings. The van der Waals surface area contributed by atoms with E-state index >= 15 is 4.39 Å². The molecule has 5 rings (SSSR count). The minimum absolute atomic E-state index is 0.0309. The molecule has 0 amide bonds. The number of ether oxygens (including phenoxy) is 4. The van der Waals surface area contributed by atoms with Crippen LogP contribution in [0.2, 0.25) is 43.8 Å². The van der Waals surface area contributed by atoms with E-state index in [0.29, 0.717) is 24.6 Å². The predicted molar refractivity (Wildman–Crippen MR) is 167 cm³/mol. The van der Waals surface area contributed by atoms with Gasteiger partial charge in [0.15, 0.2) is 26.1 Å². The second kappa shape index (κ2) is 12.1. The Balaban J connectivity index is 1.44. The Hall–Kier alpha value is -2.43. The first-order valence-electron chi connectivity index (χ1n) is 15.0. The Labute approximate surface area is 258 Å². The molecule has 0 aliphatic carbocycles. The van der Waals surface area contributed by atoms with Crippen molar-refractivity contribution in [3.8, 4) is 22.9 Å². The lowest BCUT2D eigenvalue weighted by Crippen LogP contribution is -2.47. The molecule has 0 radical (unpaired) electrons. The topological polar surface area (TPSA) is 84.2 Å². The summed E-state index contributed by atoms with van der Waals surface area (Å²) in [4.78, 5) is 4.30. The van der Waals surface area contributed by atoms with Crippen LogP contribution in [-0.4, -0.2) is 75.3 Å². The Kier molecular flexibility index (Phi) is 9.04. The van der Waals surface area contributed by atoms with Crippen LogP contribution < -0.4 is 4.74 Å². The van der Waals surface area contributed by atoms with Crippen molar-refractivity contribution in [1.29, 1.82) is 0 Å². The Morgan fingerprint density at radius 3 is 2.16 bits per heavy atom. The molecule has 0 bridgehead atoms. The lowest BCUT2D eigenvalue weighted by atomic mass is 10.1. The molecule has 0 spiro atoms. The number of phenolic OH excluding ortho intramolecular Hbond substituents is 1. The average molecular weight is 653 g/mol. The molecule has 44 heavy (non-hydrogen) atoms. The maximum Gasteiger partial charge on any atom is 0.198 e. The van der Waals surface area contributed by atoms with Crippen molar-refractivity contribution >= 4 is 27.4 Å². The van der Waals surface area contributed by atoms with Gasteiger partial charge in [-0.1, -0.05) is 40.4 Å². The number of nitrogens with zero attached hydrogens (tertiary/aromatic N) is 2. The SMILES string of the molecule is CC(C)(C)[Si](C)(C)O[C@@H]1CO[C@H]2[C@@H]1OC[C@H]2Oc1cc2nc(-c3c(F)cc(O)cc3F)c(F)cc2n1COCC[Si](C)(C)C. The van der Waals surface area contributed by atoms with Gasteiger partial charge in [0.2, 0.25) is 0 Å². The van der Waals surface area contributed by atoms with Crippen LogP contribution >= 0.6 is 0 Å². The van der Waals surface area contributed by atoms with Crippen molar-refractivity contribution < 1.29 is 41.7 Å². The lowest BCUT2D eigenvalue weighted by molar-refractivity contribution is 0.00859. The standard InChI is InChI=1S/C31H43F3N2O6Si2/c1-31(2,3)44(7,8)42-25-16-40-29-24(15-39-30(25)29)41-26-14-22-23(36(26)17-38-9-10-43(4,5)6)13-21(34)28(35-22)27-19(32)11-18(37)12-20(27)33/h11-14,24-25,29-30,37H,9-10,15-17H2,1-8H3/t24-,25-,29-,30-/m1/s1. The summed E-state index contributed by atoms with van der Waals surface area (Å²) < 4.78 is 77.8. The second-order valence-corrected chi connectivity index (χ2v) is 24.8. The largest absolute Gasteiger partial charge is 0.508 e. The first-order valence-corrected chi connectivity index (χ1v) is 21.6. The number of aromatic nitrogens is 2. The molecule has 2 fully saturated rings. The zero-order valence-electron chi connectivity index (χ0n) is 26.7. The molecule has 4 atom stereocenters. The van der Waals surface area contributed by atoms with E-state index in [-0.39, 0.29) is 42.2 Å². The van der Waals surface area contributed by atoms with Crippen molar-refractivity contribution in [1.82, 2.24) is 9.55 Å². The van der Waals surface area contributed by atoms with Gasteiger partial charge in [-0.05, 0) is 24.2 Å². The van der Waals surface area contributed by atoms with Gasteiger partial charge in [0, 0.05) is 38.9 Å². The molecule has 4 heterocycles. The van der Waals surface area contributed by atoms with Crippen molar-refractivity contribution in [3.05, 3.63) is 41.7 Å². The van der Waals surface area contributed by atoms with Gasteiger partial charge in [-0.15, -0.1) is 0 Å². The van der Waals surface area contributed by atoms with Gasteiger partial charge in [0.05, 0.1) is 35.9 Å². The van der Waals surface area contributed by atoms with Crippen LogP contribution in [0.4, 0.5) is 13.2 Å². The van der Waals surface area contributed by atoms with Crippen LogP contribution in [0.1, 0.15) is 20.8 Å². The third-order valence-corrected chi connectivity index (χ3v) is 15.0. The van der Waals surface area contributed by atoms with Crippen molar-refractivity contribution in [2.75, 3.05) is 19.8 Å². The number of fused-ring (bicyclic) bond motifs is 2. The summed E-state index contributed by atoms with van der Waals surface area (Å²) in [6.07, 6.45) is -1.35. The highest BCUT2D eigenvalue weighted by Gasteiger charge is 2.52. The molecule has 2 aromatic heterocycles. The highest BCUT2D eigenvalue weighted by molar-refractivity contribution is 6.76. The highest BCUT2D eigenvalue weighted by atomic mass is 28.4. The van der Waals surface area contributed by atoms with E-state index in [2.05, 4.69) is 58.5 Å². The highest BCUT2D eigenvalue weighted by Crippen LogP contribution is 2.41. The van der Waals surface area contributed by atoms with E-state index < -0.39 is 57.0 Å². The number of benzene rings is 1. The summed E-state index contributed by atoms with van der Waals surface area (Å²) in [5.41, 5.74) is -0.567. The van der Waals surface area contributed by atoms with E-state index in [0.717, 1.165) is 18.2 Å². The molecule has 8 nitrogen and oxygen atoms in total. The molecule has 2 aliphatic heterocycles. The number of pyridine rings is 1. The number of aromatic hydroxyl groups is 1. The summed E-state index contributed by atoms with van der Waals surface area (Å²) in [5.74, 6) is -3.44. The lowest BCUT2D eigenvalue weighted by Gasteiger charge is -2.39. The molecule has 1 aromatic carbocycles. The van der Waals surface area contributed by atoms with Crippen LogP contribution in [0.5, 0.6) is 11.6 Å². The zero-order valence-corrected chi connectivity index (χ0v) is 28.7. The van der Waals surface area contributed by atoms with Crippen LogP contribution in [0.3, 0.4) is 0 Å². The quantitative estimate of drug-likeness (QED) is 0.185. The minimum atomic E-state index is -2.07. The van der Waals surface area contributed by atoms with Crippen LogP contribution in [0.15, 0.2) is 24.3 Å². The molecule has 242 valence electrons. The Morgan fingerprint density at radius 1 is 0.932 bits per heavy atom. The number of rotatable bonds is 10. The first-order chi connectivity index (χ1) is 20.4. The van der Waals surface area contributed by atoms with Gasteiger partial charge in [0.25, 0.3) is 0 Å². The van der Waals surface area contributed by atoms with Crippen molar-refractivity contribution in [2.45, 2.75) is 95.7 Å². The smallest absolute Gasteiger partial charge is 0.198 e. The second-order valence-electron chi connectivity index (χ2n) is 14.4. The van der Waals surface area contributed by atoms with Gasteiger partial charge in [-0.3, -0.25) is 4.57 Å². The maximum absolute atomic E-state index is 15.4. The van der Waals surface area contributed by atoms with Crippen molar-refractivity contribution in [3.63, 3.8) is 0 Å². The first kappa shape index (κ1) is 33.0. The fourth-order valence-electron chi connectivity index (χ4n) is 5.20. The molecule has 2 saturated heterocycles. The van der Waals surface area contributed by atoms with Crippen LogP contribution in [0, 0.1) is 17.5 Å². The maximum atomic E-state index is 15.4. The summed E-state index contributed by atoms with van der Waals surface area (Å²) in [5, 5.41) is 9.59. The minimum Gasteiger partial charge on any atom is -0.508 e. The Bertz CT molecular complexity index is 1500. The third kappa shape index (κ3) is 6.72. The number of phenols is 1. The third-order valence-electron chi connectivity index (χ3n) is 8.77. The fraction of sp³-hybridized carbons (Fsp3) is 0.581. The van der Waals surface area contributed by atoms with E-state index in [1.54, 1.807) is 10.6 Å². The van der Waals surface area contributed by atoms with Gasteiger partial charge in [0.1, 0.15) is 42.0 Å². The van der Waals surface area contributed by atoms with E-state index in [9.17, 15) is 13.9 Å². The predicted octanol–water partition coefficient (Wildman–Crippen LogP) is 7.07. The molecule has 0 saturated carbocycles. The normalized spacial score (nSPS) is 22.6. The van der Waals surface area contributed by atoms with Crippen LogP contribution in [0.25, 0.3) is 22.3 Å². The number of hydrogen-bond acceptors (Lipinski definition) is 7. The van der Waals surface area contributed by atoms with Gasteiger partial charge in [-0.25, -0.2) is 18.2 Å². The summed E-state index contributed by atoms with van der Waals surface area (Å²) in [6.45, 7) is 18.9.